The standard InChI is InChI=1S/C24H29FN4S.2C4H4O4/c25-19-7-5-18(6-8-19)22-17-23(21-4-2-1-3-20(21)22)28-14-11-27(12-15-28)13-16-29-10-9-26-24(29)30;2*5-3(6)1-2-4(7)8/h1-8,22-23H,9-17H2,(H,26,30);2*1-2H,(H,5,6)(H,7,8)/b;2*2-1-. The van der Waals surface area contributed by atoms with Crippen LogP contribution in [-0.2, 0) is 19.2 Å². The molecule has 0 spiro atoms. The van der Waals surface area contributed by atoms with Crippen LogP contribution >= 0.6 is 12.2 Å². The van der Waals surface area contributed by atoms with Gasteiger partial charge in [-0.25, -0.2) is 23.6 Å². The Hall–Kier alpha value is -4.66. The van der Waals surface area contributed by atoms with Gasteiger partial charge in [0.15, 0.2) is 5.11 Å². The molecule has 5 N–H and O–H groups in total. The van der Waals surface area contributed by atoms with E-state index in [-0.39, 0.29) is 5.82 Å². The Kier molecular flexibility index (Phi) is 13.8. The van der Waals surface area contributed by atoms with E-state index in [1.54, 1.807) is 12.1 Å². The number of thiocarbonyl (C=S) groups is 1. The summed E-state index contributed by atoms with van der Waals surface area (Å²) in [6, 6.07) is 16.4. The first-order valence-electron chi connectivity index (χ1n) is 14.6. The average Bonchev–Trinajstić information content (AvgIpc) is 3.62. The van der Waals surface area contributed by atoms with Crippen LogP contribution in [0, 0.1) is 5.82 Å². The fraction of sp³-hybridized carbons (Fsp3) is 0.344. The number of piperazine rings is 1. The van der Waals surface area contributed by atoms with Gasteiger partial charge in [-0.2, -0.15) is 0 Å². The molecule has 2 aromatic carbocycles. The zero-order valence-electron chi connectivity index (χ0n) is 25.0. The van der Waals surface area contributed by atoms with E-state index < -0.39 is 23.9 Å². The van der Waals surface area contributed by atoms with Gasteiger partial charge < -0.3 is 30.6 Å². The van der Waals surface area contributed by atoms with Crippen molar-refractivity contribution in [2.45, 2.75) is 18.4 Å². The van der Waals surface area contributed by atoms with Gasteiger partial charge in [0, 0.05) is 88.6 Å². The number of carbonyl (C=O) groups is 4. The quantitative estimate of drug-likeness (QED) is 0.197. The van der Waals surface area contributed by atoms with Crippen LogP contribution in [0.3, 0.4) is 0 Å². The van der Waals surface area contributed by atoms with Crippen molar-refractivity contribution in [3.05, 3.63) is 95.3 Å². The molecule has 2 aliphatic heterocycles. The monoisotopic (exact) mass is 656 g/mol. The second-order valence-electron chi connectivity index (χ2n) is 10.6. The highest BCUT2D eigenvalue weighted by Gasteiger charge is 2.36. The van der Waals surface area contributed by atoms with E-state index in [2.05, 4.69) is 44.3 Å². The number of nitrogens with one attached hydrogen (secondary N) is 1. The van der Waals surface area contributed by atoms with Crippen molar-refractivity contribution in [1.29, 1.82) is 0 Å². The lowest BCUT2D eigenvalue weighted by Gasteiger charge is -2.39. The molecular formula is C32H37FN4O8S. The molecule has 0 radical (unpaired) electrons. The van der Waals surface area contributed by atoms with Crippen molar-refractivity contribution in [3.63, 3.8) is 0 Å². The maximum atomic E-state index is 13.4. The smallest absolute Gasteiger partial charge is 0.328 e. The number of fused-ring (bicyclic) bond motifs is 1. The predicted octanol–water partition coefficient (Wildman–Crippen LogP) is 2.63. The fourth-order valence-corrected chi connectivity index (χ4v) is 5.82. The first-order valence-corrected chi connectivity index (χ1v) is 15.0. The van der Waals surface area contributed by atoms with Crippen molar-refractivity contribution in [3.8, 4) is 0 Å². The number of carboxylic acid groups (broad SMARTS) is 4. The summed E-state index contributed by atoms with van der Waals surface area (Å²) in [4.78, 5) is 45.7. The minimum atomic E-state index is -1.26. The van der Waals surface area contributed by atoms with Gasteiger partial charge in [0.1, 0.15) is 5.82 Å². The van der Waals surface area contributed by atoms with Crippen molar-refractivity contribution in [1.82, 2.24) is 20.0 Å². The maximum absolute atomic E-state index is 13.4. The first kappa shape index (κ1) is 35.8. The van der Waals surface area contributed by atoms with Gasteiger partial charge in [-0.3, -0.25) is 9.80 Å². The summed E-state index contributed by atoms with van der Waals surface area (Å²) in [6.45, 7) is 8.50. The molecule has 12 nitrogen and oxygen atoms in total. The van der Waals surface area contributed by atoms with Gasteiger partial charge in [0.05, 0.1) is 0 Å². The van der Waals surface area contributed by atoms with E-state index in [0.29, 0.717) is 36.3 Å². The largest absolute Gasteiger partial charge is 0.478 e. The zero-order valence-corrected chi connectivity index (χ0v) is 25.8. The van der Waals surface area contributed by atoms with Crippen molar-refractivity contribution in [2.24, 2.45) is 0 Å². The number of carboxylic acids is 4. The molecule has 2 aromatic rings. The Morgan fingerprint density at radius 3 is 1.76 bits per heavy atom. The molecule has 0 amide bonds. The molecule has 0 saturated carbocycles. The van der Waals surface area contributed by atoms with Crippen LogP contribution in [0.4, 0.5) is 4.39 Å². The number of nitrogens with zero attached hydrogens (tertiary/aromatic N) is 3. The molecular weight excluding hydrogens is 619 g/mol. The second-order valence-corrected chi connectivity index (χ2v) is 11.0. The molecule has 246 valence electrons. The van der Waals surface area contributed by atoms with Crippen LogP contribution < -0.4 is 5.32 Å². The van der Waals surface area contributed by atoms with E-state index in [9.17, 15) is 23.6 Å². The summed E-state index contributed by atoms with van der Waals surface area (Å²) >= 11 is 5.36. The predicted molar refractivity (Wildman–Crippen MR) is 171 cm³/mol. The number of rotatable bonds is 9. The lowest BCUT2D eigenvalue weighted by Crippen LogP contribution is -2.49. The summed E-state index contributed by atoms with van der Waals surface area (Å²) in [5.41, 5.74) is 4.08. The molecule has 14 heteroatoms. The zero-order chi connectivity index (χ0) is 33.6. The third kappa shape index (κ3) is 11.4. The van der Waals surface area contributed by atoms with Gasteiger partial charge in [-0.15, -0.1) is 0 Å². The van der Waals surface area contributed by atoms with E-state index in [4.69, 9.17) is 32.6 Å². The van der Waals surface area contributed by atoms with Crippen LogP contribution in [0.15, 0.2) is 72.8 Å². The van der Waals surface area contributed by atoms with E-state index in [1.165, 1.54) is 16.7 Å². The van der Waals surface area contributed by atoms with Crippen LogP contribution in [0.1, 0.15) is 35.1 Å². The first-order chi connectivity index (χ1) is 21.9. The van der Waals surface area contributed by atoms with Gasteiger partial charge in [-0.05, 0) is 47.5 Å². The normalized spacial score (nSPS) is 19.5. The Morgan fingerprint density at radius 1 is 0.761 bits per heavy atom. The molecule has 2 unspecified atom stereocenters. The Balaban J connectivity index is 0.000000299. The number of hydrogen-bond donors (Lipinski definition) is 5. The fourth-order valence-electron chi connectivity index (χ4n) is 5.54. The lowest BCUT2D eigenvalue weighted by molar-refractivity contribution is -0.134. The van der Waals surface area contributed by atoms with E-state index in [0.717, 1.165) is 63.9 Å². The van der Waals surface area contributed by atoms with Crippen molar-refractivity contribution in [2.75, 3.05) is 52.4 Å². The topological polar surface area (TPSA) is 171 Å². The summed E-state index contributed by atoms with van der Waals surface area (Å²) < 4.78 is 13.4. The number of hydrogen-bond acceptors (Lipinski definition) is 7. The molecule has 3 aliphatic rings. The molecule has 0 bridgehead atoms. The Labute approximate surface area is 271 Å². The molecule has 0 aromatic heterocycles. The van der Waals surface area contributed by atoms with Crippen LogP contribution in [0.2, 0.25) is 0 Å². The highest BCUT2D eigenvalue weighted by Crippen LogP contribution is 2.46. The summed E-state index contributed by atoms with van der Waals surface area (Å²) in [7, 11) is 0. The molecule has 5 rings (SSSR count). The van der Waals surface area contributed by atoms with Gasteiger partial charge in [0.2, 0.25) is 0 Å². The van der Waals surface area contributed by atoms with Gasteiger partial charge in [0.25, 0.3) is 0 Å². The Bertz CT molecular complexity index is 1380. The number of halogens is 1. The van der Waals surface area contributed by atoms with Crippen LogP contribution in [0.25, 0.3) is 0 Å². The maximum Gasteiger partial charge on any atom is 0.328 e. The van der Waals surface area contributed by atoms with Crippen molar-refractivity contribution >= 4 is 41.2 Å². The molecule has 46 heavy (non-hydrogen) atoms. The van der Waals surface area contributed by atoms with Crippen LogP contribution in [-0.4, -0.2) is 116 Å². The van der Waals surface area contributed by atoms with E-state index in [1.807, 2.05) is 12.1 Å². The van der Waals surface area contributed by atoms with E-state index >= 15 is 0 Å². The summed E-state index contributed by atoms with van der Waals surface area (Å²) in [5, 5.41) is 35.4. The molecule has 1 aliphatic carbocycles. The highest BCUT2D eigenvalue weighted by molar-refractivity contribution is 7.80. The number of benzene rings is 2. The molecule has 2 heterocycles. The highest BCUT2D eigenvalue weighted by atomic mass is 32.1. The lowest BCUT2D eigenvalue weighted by atomic mass is 9.93. The summed E-state index contributed by atoms with van der Waals surface area (Å²) in [5.74, 6) is -4.84. The SMILES string of the molecule is Fc1ccc(C2CC(N3CCN(CCN4CCNC4=S)CC3)c3ccccc32)cc1.O=C(O)/C=C\C(=O)O.O=C(O)/C=C\C(=O)O. The molecule has 2 atom stereocenters. The third-order valence-electron chi connectivity index (χ3n) is 7.68. The second kappa shape index (κ2) is 17.7. The van der Waals surface area contributed by atoms with Crippen molar-refractivity contribution < 1.29 is 44.0 Å². The van der Waals surface area contributed by atoms with Gasteiger partial charge in [-0.1, -0.05) is 36.4 Å². The minimum absolute atomic E-state index is 0.164. The average molecular weight is 657 g/mol. The van der Waals surface area contributed by atoms with Crippen LogP contribution in [0.5, 0.6) is 0 Å². The Morgan fingerprint density at radius 2 is 1.28 bits per heavy atom. The third-order valence-corrected chi connectivity index (χ3v) is 8.08. The molecule has 2 fully saturated rings. The number of aliphatic carboxylic acids is 4. The summed E-state index contributed by atoms with van der Waals surface area (Å²) in [6.07, 6.45) is 3.31. The minimum Gasteiger partial charge on any atom is -0.478 e. The van der Waals surface area contributed by atoms with Gasteiger partial charge >= 0.3 is 23.9 Å². The molecule has 2 saturated heterocycles.